The third-order valence-electron chi connectivity index (χ3n) is 3.41. The number of piperidine rings is 1. The van der Waals surface area contributed by atoms with E-state index in [0.717, 1.165) is 5.56 Å². The van der Waals surface area contributed by atoms with Crippen molar-refractivity contribution >= 4 is 18.1 Å². The number of benzene rings is 1. The first-order chi connectivity index (χ1) is 8.45. The molecule has 0 aliphatic carbocycles. The first-order valence-electron chi connectivity index (χ1n) is 6.08. The van der Waals surface area contributed by atoms with E-state index in [2.05, 4.69) is 4.90 Å². The molecular weight excluding hydrogens is 277 g/mol. The highest BCUT2D eigenvalue weighted by Gasteiger charge is 2.40. The number of anilines is 1. The number of likely N-dealkylation sites (tertiary alicyclic amines) is 1. The van der Waals surface area contributed by atoms with Gasteiger partial charge in [0.1, 0.15) is 0 Å². The fourth-order valence-electron chi connectivity index (χ4n) is 2.37. The maximum Gasteiger partial charge on any atom is 0.391 e. The summed E-state index contributed by atoms with van der Waals surface area (Å²) in [5.74, 6) is -1.13. The molecule has 0 amide bonds. The molecule has 1 aromatic carbocycles. The molecule has 1 aliphatic rings. The van der Waals surface area contributed by atoms with E-state index in [0.29, 0.717) is 25.3 Å². The molecular formula is C13H18ClF3N2. The predicted octanol–water partition coefficient (Wildman–Crippen LogP) is 3.46. The quantitative estimate of drug-likeness (QED) is 0.846. The van der Waals surface area contributed by atoms with Crippen molar-refractivity contribution in [1.29, 1.82) is 0 Å². The lowest BCUT2D eigenvalue weighted by Crippen LogP contribution is -2.38. The van der Waals surface area contributed by atoms with Gasteiger partial charge in [-0.3, -0.25) is 4.90 Å². The van der Waals surface area contributed by atoms with Gasteiger partial charge < -0.3 is 5.73 Å². The van der Waals surface area contributed by atoms with Crippen molar-refractivity contribution in [1.82, 2.24) is 4.90 Å². The van der Waals surface area contributed by atoms with E-state index in [9.17, 15) is 13.2 Å². The van der Waals surface area contributed by atoms with Crippen LogP contribution in [0.4, 0.5) is 18.9 Å². The Morgan fingerprint density at radius 2 is 1.84 bits per heavy atom. The number of nitrogens with two attached hydrogens (primary N) is 1. The lowest BCUT2D eigenvalue weighted by molar-refractivity contribution is -0.185. The van der Waals surface area contributed by atoms with Crippen LogP contribution in [0.1, 0.15) is 18.4 Å². The molecule has 108 valence electrons. The van der Waals surface area contributed by atoms with Crippen LogP contribution in [-0.2, 0) is 6.54 Å². The zero-order chi connectivity index (χ0) is 13.2. The standard InChI is InChI=1S/C13H17F3N2.ClH/c14-13(15,16)11-4-6-18(7-5-11)9-10-2-1-3-12(17)8-10;/h1-3,8,11H,4-7,9,17H2;1H. The van der Waals surface area contributed by atoms with Crippen LogP contribution < -0.4 is 5.73 Å². The average Bonchev–Trinajstić information content (AvgIpc) is 2.28. The molecule has 2 nitrogen and oxygen atoms in total. The molecule has 2 rings (SSSR count). The molecule has 0 bridgehead atoms. The smallest absolute Gasteiger partial charge is 0.391 e. The summed E-state index contributed by atoms with van der Waals surface area (Å²) in [5, 5.41) is 0. The molecule has 0 atom stereocenters. The summed E-state index contributed by atoms with van der Waals surface area (Å²) >= 11 is 0. The zero-order valence-electron chi connectivity index (χ0n) is 10.5. The summed E-state index contributed by atoms with van der Waals surface area (Å²) in [6, 6.07) is 7.49. The van der Waals surface area contributed by atoms with Gasteiger partial charge in [-0.1, -0.05) is 12.1 Å². The Bertz CT molecular complexity index is 401. The molecule has 1 aromatic rings. The van der Waals surface area contributed by atoms with Gasteiger partial charge in [0, 0.05) is 12.2 Å². The molecule has 6 heteroatoms. The molecule has 0 spiro atoms. The van der Waals surface area contributed by atoms with Gasteiger partial charge in [-0.2, -0.15) is 13.2 Å². The maximum absolute atomic E-state index is 12.5. The van der Waals surface area contributed by atoms with E-state index in [1.165, 1.54) is 0 Å². The van der Waals surface area contributed by atoms with Crippen LogP contribution in [0, 0.1) is 5.92 Å². The van der Waals surface area contributed by atoms with Crippen molar-refractivity contribution in [3.05, 3.63) is 29.8 Å². The van der Waals surface area contributed by atoms with Gasteiger partial charge in [0.2, 0.25) is 0 Å². The molecule has 0 unspecified atom stereocenters. The summed E-state index contributed by atoms with van der Waals surface area (Å²) < 4.78 is 37.5. The number of alkyl halides is 3. The van der Waals surface area contributed by atoms with Crippen molar-refractivity contribution in [2.75, 3.05) is 18.8 Å². The molecule has 0 aromatic heterocycles. The van der Waals surface area contributed by atoms with Crippen LogP contribution in [0.3, 0.4) is 0 Å². The lowest BCUT2D eigenvalue weighted by atomic mass is 9.96. The molecule has 1 fully saturated rings. The molecule has 1 saturated heterocycles. The number of nitrogens with zero attached hydrogens (tertiary/aromatic N) is 1. The normalized spacial score (nSPS) is 18.1. The van der Waals surface area contributed by atoms with Gasteiger partial charge in [-0.15, -0.1) is 12.4 Å². The number of halogens is 4. The van der Waals surface area contributed by atoms with Gasteiger partial charge in [0.05, 0.1) is 5.92 Å². The summed E-state index contributed by atoms with van der Waals surface area (Å²) in [4.78, 5) is 2.05. The molecule has 0 saturated carbocycles. The van der Waals surface area contributed by atoms with Crippen LogP contribution in [0.2, 0.25) is 0 Å². The first kappa shape index (κ1) is 16.1. The average molecular weight is 295 g/mol. The van der Waals surface area contributed by atoms with Crippen molar-refractivity contribution in [2.45, 2.75) is 25.6 Å². The Morgan fingerprint density at radius 1 is 1.21 bits per heavy atom. The number of hydrogen-bond acceptors (Lipinski definition) is 2. The van der Waals surface area contributed by atoms with Crippen LogP contribution in [-0.4, -0.2) is 24.2 Å². The Labute approximate surface area is 117 Å². The highest BCUT2D eigenvalue weighted by Crippen LogP contribution is 2.34. The second-order valence-corrected chi connectivity index (χ2v) is 4.84. The third-order valence-corrected chi connectivity index (χ3v) is 3.41. The summed E-state index contributed by atoms with van der Waals surface area (Å²) in [6.45, 7) is 1.67. The van der Waals surface area contributed by atoms with Gasteiger partial charge in [0.15, 0.2) is 0 Å². The maximum atomic E-state index is 12.5. The Balaban J connectivity index is 0.00000180. The summed E-state index contributed by atoms with van der Waals surface area (Å²) in [6.07, 6.45) is -3.64. The van der Waals surface area contributed by atoms with Crippen molar-refractivity contribution in [3.63, 3.8) is 0 Å². The SMILES string of the molecule is Cl.Nc1cccc(CN2CCC(C(F)(F)F)CC2)c1. The highest BCUT2D eigenvalue weighted by molar-refractivity contribution is 5.85. The minimum Gasteiger partial charge on any atom is -0.399 e. The topological polar surface area (TPSA) is 29.3 Å². The van der Waals surface area contributed by atoms with Crippen molar-refractivity contribution in [3.8, 4) is 0 Å². The lowest BCUT2D eigenvalue weighted by Gasteiger charge is -2.32. The minimum atomic E-state index is -4.04. The van der Waals surface area contributed by atoms with Gasteiger partial charge >= 0.3 is 6.18 Å². The van der Waals surface area contributed by atoms with Crippen LogP contribution in [0.25, 0.3) is 0 Å². The van der Waals surface area contributed by atoms with Gasteiger partial charge in [-0.25, -0.2) is 0 Å². The van der Waals surface area contributed by atoms with E-state index < -0.39 is 12.1 Å². The van der Waals surface area contributed by atoms with Crippen LogP contribution >= 0.6 is 12.4 Å². The fraction of sp³-hybridized carbons (Fsp3) is 0.538. The van der Waals surface area contributed by atoms with E-state index in [-0.39, 0.29) is 25.2 Å². The summed E-state index contributed by atoms with van der Waals surface area (Å²) in [5.41, 5.74) is 7.42. The van der Waals surface area contributed by atoms with Crippen molar-refractivity contribution in [2.24, 2.45) is 5.92 Å². The van der Waals surface area contributed by atoms with Gasteiger partial charge in [0.25, 0.3) is 0 Å². The molecule has 0 radical (unpaired) electrons. The predicted molar refractivity (Wildman–Crippen MR) is 72.2 cm³/mol. The molecule has 19 heavy (non-hydrogen) atoms. The second-order valence-electron chi connectivity index (χ2n) is 4.84. The second kappa shape index (κ2) is 6.48. The monoisotopic (exact) mass is 294 g/mol. The Kier molecular flexibility index (Phi) is 5.50. The number of nitrogen functional groups attached to an aromatic ring is 1. The van der Waals surface area contributed by atoms with Crippen LogP contribution in [0.15, 0.2) is 24.3 Å². The number of hydrogen-bond donors (Lipinski definition) is 1. The zero-order valence-corrected chi connectivity index (χ0v) is 11.3. The number of rotatable bonds is 2. The van der Waals surface area contributed by atoms with Crippen LogP contribution in [0.5, 0.6) is 0 Å². The third kappa shape index (κ3) is 4.58. The van der Waals surface area contributed by atoms with Crippen molar-refractivity contribution < 1.29 is 13.2 Å². The van der Waals surface area contributed by atoms with E-state index in [4.69, 9.17) is 5.73 Å². The first-order valence-corrected chi connectivity index (χ1v) is 6.08. The van der Waals surface area contributed by atoms with E-state index >= 15 is 0 Å². The van der Waals surface area contributed by atoms with Gasteiger partial charge in [-0.05, 0) is 43.6 Å². The minimum absolute atomic E-state index is 0. The summed E-state index contributed by atoms with van der Waals surface area (Å²) in [7, 11) is 0. The molecule has 1 heterocycles. The molecule has 2 N–H and O–H groups in total. The highest BCUT2D eigenvalue weighted by atomic mass is 35.5. The van der Waals surface area contributed by atoms with E-state index in [1.807, 2.05) is 18.2 Å². The van der Waals surface area contributed by atoms with E-state index in [1.54, 1.807) is 6.07 Å². The molecule has 1 aliphatic heterocycles. The Morgan fingerprint density at radius 3 is 2.37 bits per heavy atom. The Hall–Kier alpha value is -0.940. The largest absolute Gasteiger partial charge is 0.399 e. The fourth-order valence-corrected chi connectivity index (χ4v) is 2.37.